The van der Waals surface area contributed by atoms with Crippen LogP contribution in [0.2, 0.25) is 0 Å². The summed E-state index contributed by atoms with van der Waals surface area (Å²) in [5.41, 5.74) is 8.11. The molecule has 1 aromatic rings. The van der Waals surface area contributed by atoms with E-state index in [0.717, 1.165) is 29.8 Å². The molecule has 0 saturated heterocycles. The summed E-state index contributed by atoms with van der Waals surface area (Å²) in [6.45, 7) is 7.88. The van der Waals surface area contributed by atoms with E-state index in [1.807, 2.05) is 39.0 Å². The number of hydrogen-bond acceptors (Lipinski definition) is 3. The Morgan fingerprint density at radius 2 is 1.96 bits per heavy atom. The van der Waals surface area contributed by atoms with Crippen LogP contribution in [0.3, 0.4) is 0 Å². The van der Waals surface area contributed by atoms with Gasteiger partial charge in [-0.25, -0.2) is 0 Å². The molecule has 0 spiro atoms. The number of nitrogens with zero attached hydrogens (tertiary/aromatic N) is 1. The lowest BCUT2D eigenvalue weighted by Gasteiger charge is -2.33. The molecule has 0 fully saturated rings. The molecule has 1 unspecified atom stereocenters. The van der Waals surface area contributed by atoms with E-state index in [1.165, 1.54) is 0 Å². The summed E-state index contributed by atoms with van der Waals surface area (Å²) in [6.07, 6.45) is 1.77. The van der Waals surface area contributed by atoms with Gasteiger partial charge in [0.2, 0.25) is 11.8 Å². The fraction of sp³-hybridized carbons (Fsp3) is 0.529. The van der Waals surface area contributed by atoms with Gasteiger partial charge in [0.1, 0.15) is 6.04 Å². The number of fused-ring (bicyclic) bond motifs is 1. The minimum Gasteiger partial charge on any atom is -0.398 e. The number of hydrogen-bond donors (Lipinski definition) is 2. The second kappa shape index (κ2) is 7.21. The molecule has 1 atom stereocenters. The molecule has 3 N–H and O–H groups in total. The predicted molar refractivity (Wildman–Crippen MR) is 95.8 cm³/mol. The average molecular weight is 340 g/mol. The molecule has 6 heteroatoms. The largest absolute Gasteiger partial charge is 0.398 e. The van der Waals surface area contributed by atoms with Crippen molar-refractivity contribution < 1.29 is 9.59 Å². The highest BCUT2D eigenvalue weighted by Crippen LogP contribution is 2.31. The van der Waals surface area contributed by atoms with Gasteiger partial charge in [-0.3, -0.25) is 9.59 Å². The summed E-state index contributed by atoms with van der Waals surface area (Å²) >= 11 is 0. The maximum absolute atomic E-state index is 12.7. The highest BCUT2D eigenvalue weighted by atomic mass is 35.5. The van der Waals surface area contributed by atoms with Crippen LogP contribution >= 0.6 is 12.4 Å². The Labute approximate surface area is 144 Å². The minimum atomic E-state index is -0.556. The van der Waals surface area contributed by atoms with Crippen LogP contribution < -0.4 is 16.0 Å². The van der Waals surface area contributed by atoms with Gasteiger partial charge in [0.05, 0.1) is 0 Å². The van der Waals surface area contributed by atoms with Gasteiger partial charge in [-0.05, 0) is 37.5 Å². The maximum Gasteiger partial charge on any atom is 0.249 e. The third kappa shape index (κ3) is 4.16. The van der Waals surface area contributed by atoms with Gasteiger partial charge in [-0.1, -0.05) is 26.8 Å². The molecule has 2 rings (SSSR count). The van der Waals surface area contributed by atoms with Crippen molar-refractivity contribution in [2.75, 3.05) is 17.2 Å². The third-order valence-corrected chi connectivity index (χ3v) is 3.95. The number of nitrogen functional groups attached to an aromatic ring is 1. The monoisotopic (exact) mass is 339 g/mol. The van der Waals surface area contributed by atoms with Crippen LogP contribution in [-0.4, -0.2) is 24.4 Å². The lowest BCUT2D eigenvalue weighted by Crippen LogP contribution is -2.51. The lowest BCUT2D eigenvalue weighted by molar-refractivity contribution is -0.132. The van der Waals surface area contributed by atoms with E-state index in [4.69, 9.17) is 5.73 Å². The summed E-state index contributed by atoms with van der Waals surface area (Å²) < 4.78 is 0. The van der Waals surface area contributed by atoms with E-state index in [0.29, 0.717) is 6.54 Å². The quantitative estimate of drug-likeness (QED) is 0.813. The van der Waals surface area contributed by atoms with Crippen molar-refractivity contribution in [1.82, 2.24) is 5.32 Å². The van der Waals surface area contributed by atoms with Crippen molar-refractivity contribution in [2.24, 2.45) is 5.41 Å². The molecule has 1 aliphatic heterocycles. The summed E-state index contributed by atoms with van der Waals surface area (Å²) in [5.74, 6) is -0.220. The Kier molecular flexibility index (Phi) is 6.05. The van der Waals surface area contributed by atoms with Crippen molar-refractivity contribution in [3.63, 3.8) is 0 Å². The van der Waals surface area contributed by atoms with Gasteiger partial charge in [0.25, 0.3) is 0 Å². The second-order valence-electron chi connectivity index (χ2n) is 6.88. The van der Waals surface area contributed by atoms with Crippen molar-refractivity contribution in [1.29, 1.82) is 0 Å². The second-order valence-corrected chi connectivity index (χ2v) is 6.88. The van der Waals surface area contributed by atoms with E-state index >= 15 is 0 Å². The van der Waals surface area contributed by atoms with E-state index in [9.17, 15) is 9.59 Å². The molecule has 23 heavy (non-hydrogen) atoms. The molecule has 0 radical (unpaired) electrons. The van der Waals surface area contributed by atoms with Crippen LogP contribution in [0.25, 0.3) is 0 Å². The first-order valence-electron chi connectivity index (χ1n) is 7.71. The van der Waals surface area contributed by atoms with Crippen molar-refractivity contribution in [3.8, 4) is 0 Å². The number of nitrogens with one attached hydrogen (secondary N) is 1. The average Bonchev–Trinajstić information content (AvgIpc) is 2.45. The summed E-state index contributed by atoms with van der Waals surface area (Å²) in [6, 6.07) is 5.08. The van der Waals surface area contributed by atoms with Gasteiger partial charge in [0.15, 0.2) is 0 Å². The normalized spacial score (nSPS) is 15.2. The standard InChI is InChI=1S/C17H25N3O2.ClH/c1-11(19-16(22)17(2,3)4)15(21)20-10-6-7-12-13(18)8-5-9-14(12)20;/h5,8-9,11H,6-7,10,18H2,1-4H3,(H,19,22);1H. The van der Waals surface area contributed by atoms with Gasteiger partial charge < -0.3 is 16.0 Å². The van der Waals surface area contributed by atoms with Gasteiger partial charge >= 0.3 is 0 Å². The van der Waals surface area contributed by atoms with Crippen LogP contribution in [0.4, 0.5) is 11.4 Å². The van der Waals surface area contributed by atoms with Gasteiger partial charge in [-0.2, -0.15) is 0 Å². The molecular weight excluding hydrogens is 314 g/mol. The summed E-state index contributed by atoms with van der Waals surface area (Å²) in [7, 11) is 0. The highest BCUT2D eigenvalue weighted by molar-refractivity contribution is 6.00. The highest BCUT2D eigenvalue weighted by Gasteiger charge is 2.30. The minimum absolute atomic E-state index is 0. The Hall–Kier alpha value is -1.75. The predicted octanol–water partition coefficient (Wildman–Crippen LogP) is 2.52. The number of benzene rings is 1. The summed E-state index contributed by atoms with van der Waals surface area (Å²) in [5, 5.41) is 2.80. The Bertz CT molecular complexity index is 596. The number of halogens is 1. The Morgan fingerprint density at radius 1 is 1.30 bits per heavy atom. The molecular formula is C17H26ClN3O2. The number of carbonyl (C=O) groups excluding carboxylic acids is 2. The molecule has 1 aliphatic rings. The zero-order valence-corrected chi connectivity index (χ0v) is 15.0. The zero-order valence-electron chi connectivity index (χ0n) is 14.2. The van der Waals surface area contributed by atoms with E-state index < -0.39 is 11.5 Å². The fourth-order valence-corrected chi connectivity index (χ4v) is 2.59. The van der Waals surface area contributed by atoms with Crippen LogP contribution in [0.1, 0.15) is 39.7 Å². The fourth-order valence-electron chi connectivity index (χ4n) is 2.59. The van der Waals surface area contributed by atoms with Gasteiger partial charge in [-0.15, -0.1) is 12.4 Å². The first-order chi connectivity index (χ1) is 10.2. The first kappa shape index (κ1) is 19.3. The number of rotatable bonds is 2. The molecule has 1 heterocycles. The molecule has 1 aromatic carbocycles. The molecule has 0 aliphatic carbocycles. The number of anilines is 2. The van der Waals surface area contributed by atoms with Crippen molar-refractivity contribution >= 4 is 35.6 Å². The van der Waals surface area contributed by atoms with Crippen LogP contribution in [0.15, 0.2) is 18.2 Å². The smallest absolute Gasteiger partial charge is 0.249 e. The van der Waals surface area contributed by atoms with E-state index in [-0.39, 0.29) is 24.2 Å². The topological polar surface area (TPSA) is 75.4 Å². The third-order valence-electron chi connectivity index (χ3n) is 3.95. The van der Waals surface area contributed by atoms with Crippen LogP contribution in [-0.2, 0) is 16.0 Å². The van der Waals surface area contributed by atoms with Crippen molar-refractivity contribution in [2.45, 2.75) is 46.6 Å². The Morgan fingerprint density at radius 3 is 2.57 bits per heavy atom. The molecule has 0 saturated carbocycles. The van der Waals surface area contributed by atoms with E-state index in [1.54, 1.807) is 11.8 Å². The molecule has 128 valence electrons. The van der Waals surface area contributed by atoms with E-state index in [2.05, 4.69) is 5.32 Å². The molecule has 2 amide bonds. The first-order valence-corrected chi connectivity index (χ1v) is 7.71. The molecule has 0 bridgehead atoms. The molecule has 0 aromatic heterocycles. The SMILES string of the molecule is CC(NC(=O)C(C)(C)C)C(=O)N1CCCc2c(N)cccc21.Cl. The maximum atomic E-state index is 12.7. The molecule has 5 nitrogen and oxygen atoms in total. The number of nitrogens with two attached hydrogens (primary N) is 1. The summed E-state index contributed by atoms with van der Waals surface area (Å²) in [4.78, 5) is 26.5. The number of carbonyl (C=O) groups is 2. The van der Waals surface area contributed by atoms with Crippen molar-refractivity contribution in [3.05, 3.63) is 23.8 Å². The van der Waals surface area contributed by atoms with Gasteiger partial charge in [0, 0.05) is 23.3 Å². The zero-order chi connectivity index (χ0) is 16.5. The Balaban J connectivity index is 0.00000264. The number of amides is 2. The van der Waals surface area contributed by atoms with Crippen LogP contribution in [0.5, 0.6) is 0 Å². The van der Waals surface area contributed by atoms with Crippen LogP contribution in [0, 0.1) is 5.41 Å². The lowest BCUT2D eigenvalue weighted by atomic mass is 9.95.